The smallest absolute Gasteiger partial charge is 0.272 e. The lowest BCUT2D eigenvalue weighted by Gasteiger charge is -2.08. The van der Waals surface area contributed by atoms with Crippen LogP contribution in [-0.2, 0) is 16.1 Å². The number of ether oxygens (including phenoxy) is 2. The molecule has 0 atom stereocenters. The molecule has 0 aliphatic rings. The maximum atomic E-state index is 12.4. The third-order valence-electron chi connectivity index (χ3n) is 4.10. The summed E-state index contributed by atoms with van der Waals surface area (Å²) in [5, 5.41) is 9.88. The van der Waals surface area contributed by atoms with Gasteiger partial charge in [0.15, 0.2) is 5.69 Å². The van der Waals surface area contributed by atoms with Gasteiger partial charge in [-0.3, -0.25) is 9.59 Å². The number of carbonyl (C=O) groups is 2. The van der Waals surface area contributed by atoms with Crippen molar-refractivity contribution in [2.45, 2.75) is 6.54 Å². The van der Waals surface area contributed by atoms with Crippen LogP contribution in [0.4, 0.5) is 5.69 Å². The number of nitrogens with zero attached hydrogens (tertiary/aromatic N) is 2. The normalized spacial score (nSPS) is 10.4. The first-order chi connectivity index (χ1) is 14.1. The molecule has 1 heterocycles. The van der Waals surface area contributed by atoms with Gasteiger partial charge < -0.3 is 20.1 Å². The van der Waals surface area contributed by atoms with E-state index in [0.29, 0.717) is 17.9 Å². The highest BCUT2D eigenvalue weighted by molar-refractivity contribution is 5.92. The van der Waals surface area contributed by atoms with Crippen molar-refractivity contribution in [2.75, 3.05) is 26.1 Å². The molecule has 0 spiro atoms. The summed E-state index contributed by atoms with van der Waals surface area (Å²) < 4.78 is 11.6. The molecule has 0 saturated carbocycles. The van der Waals surface area contributed by atoms with E-state index in [1.54, 1.807) is 36.2 Å². The number of benzene rings is 2. The first-order valence-corrected chi connectivity index (χ1v) is 8.95. The fraction of sp³-hybridized carbons (Fsp3) is 0.190. The van der Waals surface area contributed by atoms with Crippen molar-refractivity contribution >= 4 is 17.5 Å². The molecule has 2 N–H and O–H groups in total. The van der Waals surface area contributed by atoms with E-state index < -0.39 is 0 Å². The van der Waals surface area contributed by atoms with Crippen LogP contribution in [0.25, 0.3) is 5.69 Å². The van der Waals surface area contributed by atoms with Gasteiger partial charge in [0, 0.05) is 25.5 Å². The van der Waals surface area contributed by atoms with E-state index in [-0.39, 0.29) is 18.4 Å². The monoisotopic (exact) mass is 394 g/mol. The predicted octanol–water partition coefficient (Wildman–Crippen LogP) is 2.40. The van der Waals surface area contributed by atoms with Gasteiger partial charge in [0.05, 0.1) is 12.8 Å². The van der Waals surface area contributed by atoms with Gasteiger partial charge in [0.1, 0.15) is 12.4 Å². The van der Waals surface area contributed by atoms with Gasteiger partial charge >= 0.3 is 0 Å². The van der Waals surface area contributed by atoms with Crippen LogP contribution in [0.5, 0.6) is 5.75 Å². The summed E-state index contributed by atoms with van der Waals surface area (Å²) in [4.78, 5) is 24.0. The summed E-state index contributed by atoms with van der Waals surface area (Å²) in [6.07, 6.45) is 1.72. The highest BCUT2D eigenvalue weighted by Gasteiger charge is 2.10. The number of hydrogen-bond acceptors (Lipinski definition) is 5. The van der Waals surface area contributed by atoms with E-state index in [1.807, 2.05) is 36.4 Å². The van der Waals surface area contributed by atoms with Crippen LogP contribution in [0.15, 0.2) is 60.8 Å². The van der Waals surface area contributed by atoms with Crippen LogP contribution >= 0.6 is 0 Å². The van der Waals surface area contributed by atoms with Crippen LogP contribution < -0.4 is 15.4 Å². The molecule has 1 aromatic heterocycles. The molecule has 0 bridgehead atoms. The Morgan fingerprint density at radius 2 is 1.86 bits per heavy atom. The number of carbonyl (C=O) groups excluding carboxylic acids is 2. The van der Waals surface area contributed by atoms with Crippen molar-refractivity contribution in [1.29, 1.82) is 0 Å². The van der Waals surface area contributed by atoms with E-state index in [1.165, 1.54) is 7.11 Å². The SMILES string of the molecule is COCC(=O)Nc1cccc(CNC(=O)c2ccn(-c3ccc(OC)cc3)n2)c1. The van der Waals surface area contributed by atoms with Gasteiger partial charge in [0.25, 0.3) is 5.91 Å². The van der Waals surface area contributed by atoms with Crippen LogP contribution in [0, 0.1) is 0 Å². The number of methoxy groups -OCH3 is 2. The zero-order valence-corrected chi connectivity index (χ0v) is 16.2. The standard InChI is InChI=1S/C21H22N4O4/c1-28-14-20(26)23-16-5-3-4-15(12-16)13-22-21(27)19-10-11-25(24-19)17-6-8-18(29-2)9-7-17/h3-12H,13-14H2,1-2H3,(H,22,27)(H,23,26). The Balaban J connectivity index is 1.60. The minimum atomic E-state index is -0.286. The van der Waals surface area contributed by atoms with E-state index in [4.69, 9.17) is 9.47 Å². The summed E-state index contributed by atoms with van der Waals surface area (Å²) >= 11 is 0. The maximum Gasteiger partial charge on any atom is 0.272 e. The van der Waals surface area contributed by atoms with E-state index >= 15 is 0 Å². The van der Waals surface area contributed by atoms with Gasteiger partial charge in [-0.1, -0.05) is 12.1 Å². The topological polar surface area (TPSA) is 94.5 Å². The lowest BCUT2D eigenvalue weighted by Crippen LogP contribution is -2.23. The summed E-state index contributed by atoms with van der Waals surface area (Å²) in [6.45, 7) is 0.292. The molecule has 0 aliphatic heterocycles. The lowest BCUT2D eigenvalue weighted by atomic mass is 10.2. The summed E-state index contributed by atoms with van der Waals surface area (Å²) in [7, 11) is 3.07. The fourth-order valence-corrected chi connectivity index (χ4v) is 2.68. The van der Waals surface area contributed by atoms with Gasteiger partial charge in [-0.2, -0.15) is 5.10 Å². The van der Waals surface area contributed by atoms with E-state index in [9.17, 15) is 9.59 Å². The minimum absolute atomic E-state index is 0.0161. The van der Waals surface area contributed by atoms with Gasteiger partial charge in [-0.05, 0) is 48.0 Å². The average Bonchev–Trinajstić information content (AvgIpc) is 3.23. The van der Waals surface area contributed by atoms with Crippen molar-refractivity contribution in [3.05, 3.63) is 72.1 Å². The second-order valence-corrected chi connectivity index (χ2v) is 6.21. The molecule has 3 rings (SSSR count). The van der Waals surface area contributed by atoms with Crippen LogP contribution in [0.2, 0.25) is 0 Å². The molecule has 0 unspecified atom stereocenters. The molecule has 0 radical (unpaired) electrons. The molecule has 8 heteroatoms. The third-order valence-corrected chi connectivity index (χ3v) is 4.10. The van der Waals surface area contributed by atoms with Gasteiger partial charge in [-0.15, -0.1) is 0 Å². The van der Waals surface area contributed by atoms with Crippen molar-refractivity contribution in [3.8, 4) is 11.4 Å². The Kier molecular flexibility index (Phi) is 6.59. The van der Waals surface area contributed by atoms with Crippen molar-refractivity contribution in [3.63, 3.8) is 0 Å². The van der Waals surface area contributed by atoms with E-state index in [2.05, 4.69) is 15.7 Å². The molecule has 2 aromatic carbocycles. The Labute approximate surface area is 168 Å². The molecule has 8 nitrogen and oxygen atoms in total. The van der Waals surface area contributed by atoms with Crippen LogP contribution in [-0.4, -0.2) is 42.4 Å². The average molecular weight is 394 g/mol. The molecule has 0 aliphatic carbocycles. The number of anilines is 1. The highest BCUT2D eigenvalue weighted by Crippen LogP contribution is 2.15. The number of nitrogens with one attached hydrogen (secondary N) is 2. The first kappa shape index (κ1) is 20.1. The zero-order chi connectivity index (χ0) is 20.6. The minimum Gasteiger partial charge on any atom is -0.497 e. The Hall–Kier alpha value is -3.65. The first-order valence-electron chi connectivity index (χ1n) is 8.95. The lowest BCUT2D eigenvalue weighted by molar-refractivity contribution is -0.119. The molecule has 0 fully saturated rings. The molecule has 0 saturated heterocycles. The van der Waals surface area contributed by atoms with Gasteiger partial charge in [-0.25, -0.2) is 4.68 Å². The van der Waals surface area contributed by atoms with Crippen LogP contribution in [0.1, 0.15) is 16.1 Å². The van der Waals surface area contributed by atoms with E-state index in [0.717, 1.165) is 17.0 Å². The Morgan fingerprint density at radius 3 is 2.59 bits per heavy atom. The number of hydrogen-bond donors (Lipinski definition) is 2. The second kappa shape index (κ2) is 9.52. The number of rotatable bonds is 8. The summed E-state index contributed by atoms with van der Waals surface area (Å²) in [6, 6.07) is 16.3. The predicted molar refractivity (Wildman–Crippen MR) is 108 cm³/mol. The fourth-order valence-electron chi connectivity index (χ4n) is 2.68. The van der Waals surface area contributed by atoms with Crippen molar-refractivity contribution < 1.29 is 19.1 Å². The van der Waals surface area contributed by atoms with Crippen LogP contribution in [0.3, 0.4) is 0 Å². The molecule has 2 amide bonds. The van der Waals surface area contributed by atoms with Crippen molar-refractivity contribution in [2.24, 2.45) is 0 Å². The maximum absolute atomic E-state index is 12.4. The quantitative estimate of drug-likeness (QED) is 0.612. The molecular weight excluding hydrogens is 372 g/mol. The second-order valence-electron chi connectivity index (χ2n) is 6.21. The number of amides is 2. The van der Waals surface area contributed by atoms with Crippen molar-refractivity contribution in [1.82, 2.24) is 15.1 Å². The molecular formula is C21H22N4O4. The molecule has 29 heavy (non-hydrogen) atoms. The summed E-state index contributed by atoms with van der Waals surface area (Å²) in [5.41, 5.74) is 2.63. The Bertz CT molecular complexity index is 982. The third kappa shape index (κ3) is 5.43. The highest BCUT2D eigenvalue weighted by atomic mass is 16.5. The molecule has 150 valence electrons. The zero-order valence-electron chi connectivity index (χ0n) is 16.2. The Morgan fingerprint density at radius 1 is 1.07 bits per heavy atom. The van der Waals surface area contributed by atoms with Gasteiger partial charge in [0.2, 0.25) is 5.91 Å². The largest absolute Gasteiger partial charge is 0.497 e. The summed E-state index contributed by atoms with van der Waals surface area (Å²) in [5.74, 6) is 0.225. The number of aromatic nitrogens is 2. The molecule has 3 aromatic rings.